The van der Waals surface area contributed by atoms with Gasteiger partial charge in [0.1, 0.15) is 0 Å². The summed E-state index contributed by atoms with van der Waals surface area (Å²) in [5.74, 6) is -4.50. The van der Waals surface area contributed by atoms with Crippen molar-refractivity contribution >= 4 is 23.8 Å². The minimum atomic E-state index is -2.07. The normalized spacial score (nSPS) is 14.6. The second-order valence-corrected chi connectivity index (χ2v) is 4.91. The Balaban J connectivity index is 4.53. The zero-order valence-corrected chi connectivity index (χ0v) is 11.9. The largest absolute Gasteiger partial charge is 0.481 e. The molecule has 0 radical (unpaired) electrons. The van der Waals surface area contributed by atoms with Crippen molar-refractivity contribution in [2.75, 3.05) is 0 Å². The molecule has 0 aromatic heterocycles. The van der Waals surface area contributed by atoms with Crippen molar-refractivity contribution in [1.82, 2.24) is 5.32 Å². The van der Waals surface area contributed by atoms with Crippen LogP contribution in [0, 0.1) is 0 Å². The highest BCUT2D eigenvalue weighted by atomic mass is 16.4. The summed E-state index contributed by atoms with van der Waals surface area (Å²) in [4.78, 5) is 43.7. The fourth-order valence-electron chi connectivity index (χ4n) is 1.63. The first-order chi connectivity index (χ1) is 10.1. The molecular weight excluding hydrogens is 298 g/mol. The number of carbonyl (C=O) groups is 4. The molecule has 0 heterocycles. The van der Waals surface area contributed by atoms with Crippen molar-refractivity contribution < 1.29 is 34.5 Å². The van der Waals surface area contributed by atoms with E-state index in [1.807, 2.05) is 0 Å². The molecule has 10 nitrogen and oxygen atoms in total. The monoisotopic (exact) mass is 319 g/mol. The number of carboxylic acids is 3. The number of unbranched alkanes of at least 4 members (excludes halogenated alkanes) is 1. The molecule has 0 aliphatic rings. The van der Waals surface area contributed by atoms with Gasteiger partial charge in [-0.15, -0.1) is 0 Å². The van der Waals surface area contributed by atoms with Crippen LogP contribution in [-0.2, 0) is 19.2 Å². The van der Waals surface area contributed by atoms with E-state index < -0.39 is 35.5 Å². The lowest BCUT2D eigenvalue weighted by molar-refractivity contribution is -0.148. The van der Waals surface area contributed by atoms with Gasteiger partial charge >= 0.3 is 17.9 Å². The number of hydrogen-bond acceptors (Lipinski definition) is 6. The van der Waals surface area contributed by atoms with E-state index in [0.29, 0.717) is 0 Å². The highest BCUT2D eigenvalue weighted by molar-refractivity contribution is 5.89. The molecule has 0 rings (SSSR count). The number of nitrogens with one attached hydrogen (secondary N) is 1. The second kappa shape index (κ2) is 8.95. The van der Waals surface area contributed by atoms with Gasteiger partial charge in [0.25, 0.3) is 0 Å². The summed E-state index contributed by atoms with van der Waals surface area (Å²) >= 11 is 0. The summed E-state index contributed by atoms with van der Waals surface area (Å²) < 4.78 is 0. The molecule has 0 fully saturated rings. The molecule has 0 aliphatic carbocycles. The van der Waals surface area contributed by atoms with Crippen molar-refractivity contribution in [3.05, 3.63) is 0 Å². The van der Waals surface area contributed by atoms with E-state index in [2.05, 4.69) is 5.32 Å². The lowest BCUT2D eigenvalue weighted by atomic mass is 10.0. The van der Waals surface area contributed by atoms with Crippen LogP contribution in [0.4, 0.5) is 0 Å². The summed E-state index contributed by atoms with van der Waals surface area (Å²) in [6.07, 6.45) is -0.412. The highest BCUT2D eigenvalue weighted by Gasteiger charge is 2.36. The van der Waals surface area contributed by atoms with Gasteiger partial charge in [0.15, 0.2) is 5.66 Å². The van der Waals surface area contributed by atoms with Gasteiger partial charge in [-0.1, -0.05) is 0 Å². The van der Waals surface area contributed by atoms with Gasteiger partial charge < -0.3 is 26.4 Å². The zero-order valence-electron chi connectivity index (χ0n) is 11.9. The number of rotatable bonds is 11. The number of carboxylic acid groups (broad SMARTS) is 3. The number of nitrogens with two attached hydrogens (primary N) is 2. The molecule has 0 saturated carbocycles. The maximum atomic E-state index is 11.8. The van der Waals surface area contributed by atoms with Crippen LogP contribution in [0.1, 0.15) is 38.5 Å². The molecule has 22 heavy (non-hydrogen) atoms. The second-order valence-electron chi connectivity index (χ2n) is 4.91. The standard InChI is InChI=1S/C12H21N3O7/c13-7(4-5-9(18)19)10(20)15-12(14,11(21)22)6-2-1-3-8(16)17/h7H,1-6,13-14H2,(H,15,20)(H,16,17)(H,18,19)(H,21,22)/t7-,12?/m1/s1. The molecular formula is C12H21N3O7. The Bertz CT molecular complexity index is 440. The smallest absolute Gasteiger partial charge is 0.344 e. The van der Waals surface area contributed by atoms with Gasteiger partial charge in [0.2, 0.25) is 5.91 Å². The minimum absolute atomic E-state index is 0.137. The third kappa shape index (κ3) is 7.55. The average Bonchev–Trinajstić information content (AvgIpc) is 2.40. The van der Waals surface area contributed by atoms with Gasteiger partial charge in [-0.2, -0.15) is 0 Å². The molecule has 0 aromatic carbocycles. The first kappa shape index (κ1) is 19.8. The quantitative estimate of drug-likeness (QED) is 0.198. The maximum absolute atomic E-state index is 11.8. The van der Waals surface area contributed by atoms with E-state index in [4.69, 9.17) is 26.8 Å². The van der Waals surface area contributed by atoms with Crippen LogP contribution in [0.2, 0.25) is 0 Å². The van der Waals surface area contributed by atoms with Crippen LogP contribution >= 0.6 is 0 Å². The van der Waals surface area contributed by atoms with Gasteiger partial charge in [0, 0.05) is 12.8 Å². The van der Waals surface area contributed by atoms with Crippen molar-refractivity contribution in [2.45, 2.75) is 50.2 Å². The van der Waals surface area contributed by atoms with E-state index in [0.717, 1.165) is 0 Å². The fraction of sp³-hybridized carbons (Fsp3) is 0.667. The van der Waals surface area contributed by atoms with Crippen molar-refractivity contribution in [1.29, 1.82) is 0 Å². The topological polar surface area (TPSA) is 193 Å². The van der Waals surface area contributed by atoms with E-state index in [-0.39, 0.29) is 38.5 Å². The summed E-state index contributed by atoms with van der Waals surface area (Å²) in [7, 11) is 0. The van der Waals surface area contributed by atoms with E-state index in [9.17, 15) is 19.2 Å². The molecule has 0 spiro atoms. The molecule has 0 aliphatic heterocycles. The van der Waals surface area contributed by atoms with Gasteiger partial charge in [-0.25, -0.2) is 4.79 Å². The number of amides is 1. The Hall–Kier alpha value is -2.20. The van der Waals surface area contributed by atoms with Crippen molar-refractivity contribution in [3.63, 3.8) is 0 Å². The van der Waals surface area contributed by atoms with Crippen LogP contribution in [0.3, 0.4) is 0 Å². The first-order valence-corrected chi connectivity index (χ1v) is 6.62. The Kier molecular flexibility index (Phi) is 8.05. The Morgan fingerprint density at radius 3 is 2.00 bits per heavy atom. The SMILES string of the molecule is N[C@H](CCC(=O)O)C(=O)NC(N)(CCCCC(=O)O)C(=O)O. The Labute approximate surface area is 126 Å². The minimum Gasteiger partial charge on any atom is -0.481 e. The number of hydrogen-bond donors (Lipinski definition) is 6. The summed E-state index contributed by atoms with van der Waals surface area (Å²) in [6.45, 7) is 0. The number of carbonyl (C=O) groups excluding carboxylic acids is 1. The summed E-state index contributed by atoms with van der Waals surface area (Å²) in [5.41, 5.74) is 8.99. The van der Waals surface area contributed by atoms with Crippen molar-refractivity contribution in [2.24, 2.45) is 11.5 Å². The Morgan fingerprint density at radius 1 is 1.00 bits per heavy atom. The molecule has 0 bridgehead atoms. The zero-order chi connectivity index (χ0) is 17.3. The average molecular weight is 319 g/mol. The summed E-state index contributed by atoms with van der Waals surface area (Å²) in [5, 5.41) is 28.2. The Morgan fingerprint density at radius 2 is 1.55 bits per heavy atom. The highest BCUT2D eigenvalue weighted by Crippen LogP contribution is 2.11. The van der Waals surface area contributed by atoms with E-state index in [1.165, 1.54) is 0 Å². The predicted molar refractivity (Wildman–Crippen MR) is 73.6 cm³/mol. The molecule has 0 saturated heterocycles. The van der Waals surface area contributed by atoms with Crippen LogP contribution < -0.4 is 16.8 Å². The van der Waals surface area contributed by atoms with Gasteiger partial charge in [-0.3, -0.25) is 20.1 Å². The van der Waals surface area contributed by atoms with E-state index >= 15 is 0 Å². The summed E-state index contributed by atoms with van der Waals surface area (Å²) in [6, 6.07) is -1.20. The fourth-order valence-corrected chi connectivity index (χ4v) is 1.63. The maximum Gasteiger partial charge on any atom is 0.344 e. The predicted octanol–water partition coefficient (Wildman–Crippen LogP) is -1.32. The molecule has 126 valence electrons. The third-order valence-electron chi connectivity index (χ3n) is 2.95. The van der Waals surface area contributed by atoms with Crippen LogP contribution in [0.15, 0.2) is 0 Å². The third-order valence-corrected chi connectivity index (χ3v) is 2.95. The van der Waals surface area contributed by atoms with Crippen molar-refractivity contribution in [3.8, 4) is 0 Å². The number of aliphatic carboxylic acids is 3. The molecule has 8 N–H and O–H groups in total. The van der Waals surface area contributed by atoms with Crippen LogP contribution in [0.5, 0.6) is 0 Å². The first-order valence-electron chi connectivity index (χ1n) is 6.62. The van der Waals surface area contributed by atoms with Gasteiger partial charge in [-0.05, 0) is 25.7 Å². The molecule has 1 unspecified atom stereocenters. The molecule has 1 amide bonds. The molecule has 2 atom stereocenters. The van der Waals surface area contributed by atoms with Gasteiger partial charge in [0.05, 0.1) is 6.04 Å². The molecule has 10 heteroatoms. The van der Waals surface area contributed by atoms with Crippen LogP contribution in [0.25, 0.3) is 0 Å². The van der Waals surface area contributed by atoms with Crippen LogP contribution in [-0.4, -0.2) is 50.8 Å². The lowest BCUT2D eigenvalue weighted by Gasteiger charge is -2.27. The lowest BCUT2D eigenvalue weighted by Crippen LogP contribution is -2.64. The molecule has 0 aromatic rings. The van der Waals surface area contributed by atoms with E-state index in [1.54, 1.807) is 0 Å².